The Labute approximate surface area is 141 Å². The molecule has 0 aliphatic heterocycles. The van der Waals surface area contributed by atoms with E-state index in [0.29, 0.717) is 6.61 Å². The fourth-order valence-corrected chi connectivity index (χ4v) is 2.46. The fraction of sp³-hybridized carbons (Fsp3) is 0.263. The molecule has 3 rings (SSSR count). The zero-order chi connectivity index (χ0) is 16.9. The molecule has 0 fully saturated rings. The van der Waals surface area contributed by atoms with Gasteiger partial charge in [-0.3, -0.25) is 0 Å². The van der Waals surface area contributed by atoms with Crippen molar-refractivity contribution in [2.45, 2.75) is 33.3 Å². The summed E-state index contributed by atoms with van der Waals surface area (Å²) in [5, 5.41) is 3.03. The lowest BCUT2D eigenvalue weighted by Crippen LogP contribution is -2.08. The summed E-state index contributed by atoms with van der Waals surface area (Å²) < 4.78 is 19.5. The van der Waals surface area contributed by atoms with Gasteiger partial charge in [0.25, 0.3) is 0 Å². The van der Waals surface area contributed by atoms with Crippen LogP contribution in [0.25, 0.3) is 0 Å². The minimum absolute atomic E-state index is 0.142. The molecule has 0 radical (unpaired) electrons. The molecule has 0 atom stereocenters. The molecule has 0 saturated carbocycles. The number of rotatable bonds is 5. The molecule has 4 nitrogen and oxygen atoms in total. The van der Waals surface area contributed by atoms with Crippen molar-refractivity contribution in [2.24, 2.45) is 0 Å². The van der Waals surface area contributed by atoms with Gasteiger partial charge in [0, 0.05) is 5.70 Å². The highest BCUT2D eigenvalue weighted by atomic mass is 19.1. The number of benzene rings is 1. The molecule has 2 aromatic rings. The average molecular weight is 325 g/mol. The number of hydrogen-bond acceptors (Lipinski definition) is 4. The Morgan fingerprint density at radius 3 is 2.83 bits per heavy atom. The average Bonchev–Trinajstić information content (AvgIpc) is 2.58. The summed E-state index contributed by atoms with van der Waals surface area (Å²) in [6, 6.07) is 8.15. The molecular formula is C19H20FN3O. The van der Waals surface area contributed by atoms with Crippen LogP contribution in [0, 0.1) is 12.7 Å². The smallest absolute Gasteiger partial charge is 0.318 e. The number of halogens is 1. The van der Waals surface area contributed by atoms with E-state index in [1.54, 1.807) is 0 Å². The molecule has 0 bridgehead atoms. The molecular weight excluding hydrogens is 305 g/mol. The van der Waals surface area contributed by atoms with Gasteiger partial charge in [-0.1, -0.05) is 41.5 Å². The van der Waals surface area contributed by atoms with Gasteiger partial charge in [-0.25, -0.2) is 9.37 Å². The fourth-order valence-electron chi connectivity index (χ4n) is 2.46. The third kappa shape index (κ3) is 4.19. The predicted octanol–water partition coefficient (Wildman–Crippen LogP) is 4.54. The van der Waals surface area contributed by atoms with Gasteiger partial charge in [-0.2, -0.15) is 4.98 Å². The summed E-state index contributed by atoms with van der Waals surface area (Å²) in [6.45, 7) is 4.45. The van der Waals surface area contributed by atoms with Crippen molar-refractivity contribution in [3.63, 3.8) is 0 Å². The number of aromatic nitrogens is 2. The van der Waals surface area contributed by atoms with E-state index in [1.807, 2.05) is 43.3 Å². The molecule has 0 spiro atoms. The maximum atomic E-state index is 13.9. The number of hydrogen-bond donors (Lipinski definition) is 1. The van der Waals surface area contributed by atoms with E-state index in [0.717, 1.165) is 35.9 Å². The Kier molecular flexibility index (Phi) is 4.89. The van der Waals surface area contributed by atoms with Gasteiger partial charge < -0.3 is 10.1 Å². The monoisotopic (exact) mass is 325 g/mol. The Bertz CT molecular complexity index is 799. The first-order chi connectivity index (χ1) is 11.6. The maximum Gasteiger partial charge on any atom is 0.318 e. The lowest BCUT2D eigenvalue weighted by Gasteiger charge is -2.14. The van der Waals surface area contributed by atoms with Gasteiger partial charge in [0.15, 0.2) is 11.6 Å². The number of anilines is 1. The molecule has 1 aromatic carbocycles. The van der Waals surface area contributed by atoms with Crippen molar-refractivity contribution in [1.29, 1.82) is 0 Å². The summed E-state index contributed by atoms with van der Waals surface area (Å²) in [7, 11) is 0. The topological polar surface area (TPSA) is 47.0 Å². The Balaban J connectivity index is 1.69. The van der Waals surface area contributed by atoms with Crippen molar-refractivity contribution < 1.29 is 9.13 Å². The first-order valence-electron chi connectivity index (χ1n) is 7.94. The minimum atomic E-state index is -0.495. The van der Waals surface area contributed by atoms with Crippen molar-refractivity contribution in [3.05, 3.63) is 70.8 Å². The van der Waals surface area contributed by atoms with E-state index in [9.17, 15) is 4.39 Å². The summed E-state index contributed by atoms with van der Waals surface area (Å²) >= 11 is 0. The molecule has 0 saturated heterocycles. The molecule has 1 heterocycles. The highest BCUT2D eigenvalue weighted by Gasteiger charge is 2.11. The second-order valence-electron chi connectivity index (χ2n) is 5.96. The number of allylic oxidation sites excluding steroid dienone is 4. The standard InChI is InChI=1S/C19H20FN3O/c1-13-6-8-16(9-7-13)22-18-17(20)11-21-19(23-18)24-12-15-5-3-4-14(2)10-15/h3-6,8,10-11H,7,9,12H2,1-2H3,(H,21,22,23). The first-order valence-corrected chi connectivity index (χ1v) is 7.94. The van der Waals surface area contributed by atoms with Gasteiger partial charge in [0.05, 0.1) is 6.20 Å². The Morgan fingerprint density at radius 2 is 2.08 bits per heavy atom. The van der Waals surface area contributed by atoms with E-state index in [-0.39, 0.29) is 11.8 Å². The predicted molar refractivity (Wildman–Crippen MR) is 92.2 cm³/mol. The highest BCUT2D eigenvalue weighted by molar-refractivity contribution is 5.44. The van der Waals surface area contributed by atoms with E-state index < -0.39 is 5.82 Å². The summed E-state index contributed by atoms with van der Waals surface area (Å²) in [5.74, 6) is -0.353. The number of nitrogens with zero attached hydrogens (tertiary/aromatic N) is 2. The molecule has 1 aliphatic rings. The van der Waals surface area contributed by atoms with E-state index in [4.69, 9.17) is 4.74 Å². The summed E-state index contributed by atoms with van der Waals surface area (Å²) in [5.41, 5.74) is 4.42. The van der Waals surface area contributed by atoms with Crippen LogP contribution in [0.2, 0.25) is 0 Å². The zero-order valence-electron chi connectivity index (χ0n) is 13.8. The molecule has 124 valence electrons. The Morgan fingerprint density at radius 1 is 1.21 bits per heavy atom. The third-order valence-electron chi connectivity index (χ3n) is 3.81. The second-order valence-corrected chi connectivity index (χ2v) is 5.96. The van der Waals surface area contributed by atoms with E-state index in [2.05, 4.69) is 22.2 Å². The van der Waals surface area contributed by atoms with Crippen LogP contribution in [0.5, 0.6) is 6.01 Å². The van der Waals surface area contributed by atoms with Gasteiger partial charge in [-0.05, 0) is 38.3 Å². The maximum absolute atomic E-state index is 13.9. The lowest BCUT2D eigenvalue weighted by molar-refractivity contribution is 0.280. The van der Waals surface area contributed by atoms with Crippen molar-refractivity contribution in [1.82, 2.24) is 9.97 Å². The highest BCUT2D eigenvalue weighted by Crippen LogP contribution is 2.22. The number of nitrogens with one attached hydrogen (secondary N) is 1. The van der Waals surface area contributed by atoms with Gasteiger partial charge in [0.1, 0.15) is 6.61 Å². The molecule has 0 unspecified atom stereocenters. The normalized spacial score (nSPS) is 14.0. The van der Waals surface area contributed by atoms with E-state index in [1.165, 1.54) is 5.57 Å². The third-order valence-corrected chi connectivity index (χ3v) is 3.81. The van der Waals surface area contributed by atoms with Crippen molar-refractivity contribution in [2.75, 3.05) is 5.32 Å². The van der Waals surface area contributed by atoms with Gasteiger partial charge in [0.2, 0.25) is 0 Å². The van der Waals surface area contributed by atoms with Gasteiger partial charge in [-0.15, -0.1) is 0 Å². The van der Waals surface area contributed by atoms with Crippen LogP contribution in [0.3, 0.4) is 0 Å². The molecule has 1 N–H and O–H groups in total. The summed E-state index contributed by atoms with van der Waals surface area (Å²) in [4.78, 5) is 8.04. The first kappa shape index (κ1) is 16.2. The van der Waals surface area contributed by atoms with Crippen LogP contribution in [0.4, 0.5) is 10.2 Å². The van der Waals surface area contributed by atoms with Crippen LogP contribution >= 0.6 is 0 Å². The zero-order valence-corrected chi connectivity index (χ0v) is 13.8. The molecule has 24 heavy (non-hydrogen) atoms. The molecule has 1 aromatic heterocycles. The van der Waals surface area contributed by atoms with Crippen molar-refractivity contribution in [3.8, 4) is 6.01 Å². The quantitative estimate of drug-likeness (QED) is 0.877. The van der Waals surface area contributed by atoms with Crippen molar-refractivity contribution >= 4 is 5.82 Å². The van der Waals surface area contributed by atoms with Crippen LogP contribution in [0.1, 0.15) is 30.9 Å². The number of ether oxygens (including phenoxy) is 1. The Hall–Kier alpha value is -2.69. The second kappa shape index (κ2) is 7.25. The van der Waals surface area contributed by atoms with Crippen LogP contribution in [-0.4, -0.2) is 9.97 Å². The minimum Gasteiger partial charge on any atom is -0.459 e. The SMILES string of the molecule is CC1=CC=C(Nc2nc(OCc3cccc(C)c3)ncc2F)CC1. The van der Waals surface area contributed by atoms with Crippen LogP contribution in [0.15, 0.2) is 53.9 Å². The summed E-state index contributed by atoms with van der Waals surface area (Å²) in [6.07, 6.45) is 6.91. The van der Waals surface area contributed by atoms with E-state index >= 15 is 0 Å². The van der Waals surface area contributed by atoms with Crippen LogP contribution < -0.4 is 10.1 Å². The molecule has 5 heteroatoms. The van der Waals surface area contributed by atoms with Gasteiger partial charge >= 0.3 is 6.01 Å². The number of aryl methyl sites for hydroxylation is 1. The molecule has 0 amide bonds. The lowest BCUT2D eigenvalue weighted by atomic mass is 10.0. The molecule has 1 aliphatic carbocycles. The van der Waals surface area contributed by atoms with Crippen LogP contribution in [-0.2, 0) is 6.61 Å². The largest absolute Gasteiger partial charge is 0.459 e.